The van der Waals surface area contributed by atoms with Crippen molar-refractivity contribution in [3.8, 4) is 0 Å². The molecule has 1 aliphatic heterocycles. The summed E-state index contributed by atoms with van der Waals surface area (Å²) in [6.07, 6.45) is 0. The molecule has 0 saturated carbocycles. The Morgan fingerprint density at radius 3 is 2.62 bits per heavy atom. The summed E-state index contributed by atoms with van der Waals surface area (Å²) < 4.78 is 5.71. The third-order valence-electron chi connectivity index (χ3n) is 3.95. The van der Waals surface area contributed by atoms with E-state index >= 15 is 0 Å². The normalized spacial score (nSPS) is 17.6. The minimum atomic E-state index is -0.337. The monoisotopic (exact) mass is 391 g/mol. The van der Waals surface area contributed by atoms with Gasteiger partial charge in [-0.3, -0.25) is 9.59 Å². The van der Waals surface area contributed by atoms with Gasteiger partial charge in [-0.25, -0.2) is 0 Å². The van der Waals surface area contributed by atoms with E-state index in [2.05, 4.69) is 26.6 Å². The van der Waals surface area contributed by atoms with Crippen molar-refractivity contribution in [2.45, 2.75) is 13.0 Å². The Balaban J connectivity index is 1.66. The Bertz CT molecular complexity index is 742. The first kappa shape index (κ1) is 16.7. The Hall–Kier alpha value is -2.12. The van der Waals surface area contributed by atoms with Gasteiger partial charge < -0.3 is 20.0 Å². The van der Waals surface area contributed by atoms with Crippen LogP contribution in [0.25, 0.3) is 0 Å². The zero-order valence-corrected chi connectivity index (χ0v) is 14.8. The molecule has 7 heteroatoms. The largest absolute Gasteiger partial charge is 0.444 e. The van der Waals surface area contributed by atoms with Gasteiger partial charge in [0.15, 0.2) is 10.4 Å². The van der Waals surface area contributed by atoms with E-state index in [9.17, 15) is 9.59 Å². The predicted molar refractivity (Wildman–Crippen MR) is 94.2 cm³/mol. The van der Waals surface area contributed by atoms with E-state index in [1.807, 2.05) is 11.8 Å². The molecule has 0 radical (unpaired) electrons. The van der Waals surface area contributed by atoms with Crippen LogP contribution in [0.5, 0.6) is 0 Å². The summed E-state index contributed by atoms with van der Waals surface area (Å²) in [6.45, 7) is 4.34. The molecule has 126 valence electrons. The number of nitrogens with one attached hydrogen (secondary N) is 2. The highest BCUT2D eigenvalue weighted by Gasteiger charge is 2.23. The predicted octanol–water partition coefficient (Wildman–Crippen LogP) is 2.73. The molecule has 1 saturated heterocycles. The fourth-order valence-corrected chi connectivity index (χ4v) is 2.94. The van der Waals surface area contributed by atoms with Crippen LogP contribution in [0.1, 0.15) is 27.8 Å². The molecule has 2 amide bonds. The smallest absolute Gasteiger partial charge is 0.291 e. The Kier molecular flexibility index (Phi) is 5.01. The average Bonchev–Trinajstić information content (AvgIpc) is 3.02. The Morgan fingerprint density at radius 2 is 2.00 bits per heavy atom. The molecule has 2 aromatic rings. The highest BCUT2D eigenvalue weighted by atomic mass is 79.9. The van der Waals surface area contributed by atoms with Gasteiger partial charge in [-0.1, -0.05) is 0 Å². The number of hydrogen-bond donors (Lipinski definition) is 2. The summed E-state index contributed by atoms with van der Waals surface area (Å²) in [5.41, 5.74) is 1.22. The maximum Gasteiger partial charge on any atom is 0.291 e. The number of piperazine rings is 1. The van der Waals surface area contributed by atoms with Gasteiger partial charge >= 0.3 is 0 Å². The lowest BCUT2D eigenvalue weighted by atomic mass is 10.1. The van der Waals surface area contributed by atoms with Crippen LogP contribution in [0, 0.1) is 0 Å². The van der Waals surface area contributed by atoms with Gasteiger partial charge in [0.05, 0.1) is 0 Å². The van der Waals surface area contributed by atoms with E-state index < -0.39 is 0 Å². The summed E-state index contributed by atoms with van der Waals surface area (Å²) in [7, 11) is 0. The second kappa shape index (κ2) is 7.19. The first-order chi connectivity index (χ1) is 11.5. The van der Waals surface area contributed by atoms with Crippen LogP contribution in [0.3, 0.4) is 0 Å². The molecule has 6 nitrogen and oxygen atoms in total. The number of anilines is 1. The van der Waals surface area contributed by atoms with Crippen LogP contribution in [0.15, 0.2) is 45.5 Å². The third kappa shape index (κ3) is 3.68. The second-order valence-electron chi connectivity index (χ2n) is 5.69. The van der Waals surface area contributed by atoms with Crippen LogP contribution in [-0.4, -0.2) is 42.4 Å². The Labute approximate surface area is 148 Å². The molecule has 3 rings (SSSR count). The van der Waals surface area contributed by atoms with Gasteiger partial charge in [0.25, 0.3) is 11.8 Å². The fraction of sp³-hybridized carbons (Fsp3) is 0.294. The highest BCUT2D eigenvalue weighted by molar-refractivity contribution is 9.10. The van der Waals surface area contributed by atoms with Crippen LogP contribution in [0.4, 0.5) is 5.69 Å². The highest BCUT2D eigenvalue weighted by Crippen LogP contribution is 2.17. The number of nitrogens with zero attached hydrogens (tertiary/aromatic N) is 1. The molecule has 1 fully saturated rings. The molecule has 1 aromatic heterocycles. The molecule has 2 N–H and O–H groups in total. The quantitative estimate of drug-likeness (QED) is 0.843. The molecule has 0 bridgehead atoms. The van der Waals surface area contributed by atoms with Crippen LogP contribution in [0.2, 0.25) is 0 Å². The number of carbonyl (C=O) groups is 2. The van der Waals surface area contributed by atoms with Crippen molar-refractivity contribution in [3.05, 3.63) is 52.4 Å². The summed E-state index contributed by atoms with van der Waals surface area (Å²) in [5, 5.41) is 6.00. The van der Waals surface area contributed by atoms with Gasteiger partial charge in [0.2, 0.25) is 0 Å². The van der Waals surface area contributed by atoms with Crippen molar-refractivity contribution in [1.29, 1.82) is 0 Å². The molecule has 0 aliphatic carbocycles. The van der Waals surface area contributed by atoms with Crippen molar-refractivity contribution in [2.75, 3.05) is 25.0 Å². The summed E-state index contributed by atoms with van der Waals surface area (Å²) in [4.78, 5) is 26.5. The molecule has 1 aliphatic rings. The van der Waals surface area contributed by atoms with Gasteiger partial charge in [-0.15, -0.1) is 0 Å². The van der Waals surface area contributed by atoms with Crippen LogP contribution < -0.4 is 10.6 Å². The second-order valence-corrected chi connectivity index (χ2v) is 6.47. The van der Waals surface area contributed by atoms with Gasteiger partial charge in [-0.05, 0) is 59.3 Å². The van der Waals surface area contributed by atoms with Crippen LogP contribution in [-0.2, 0) is 0 Å². The fourth-order valence-electron chi connectivity index (χ4n) is 2.63. The van der Waals surface area contributed by atoms with Crippen molar-refractivity contribution in [1.82, 2.24) is 10.2 Å². The molecule has 2 heterocycles. The lowest BCUT2D eigenvalue weighted by molar-refractivity contribution is 0.0655. The number of benzene rings is 1. The van der Waals surface area contributed by atoms with E-state index in [4.69, 9.17) is 4.42 Å². The van der Waals surface area contributed by atoms with Gasteiger partial charge in [0.1, 0.15) is 0 Å². The summed E-state index contributed by atoms with van der Waals surface area (Å²) in [5.74, 6) is -0.107. The molecule has 0 unspecified atom stereocenters. The minimum absolute atomic E-state index is 0.0110. The topological polar surface area (TPSA) is 74.6 Å². The molecule has 1 aromatic carbocycles. The van der Waals surface area contributed by atoms with E-state index in [1.165, 1.54) is 0 Å². The number of furan rings is 1. The van der Waals surface area contributed by atoms with Crippen LogP contribution >= 0.6 is 15.9 Å². The maximum absolute atomic E-state index is 12.6. The number of halogens is 1. The average molecular weight is 392 g/mol. The SMILES string of the molecule is C[C@@H]1CNCCN1C(=O)c1ccc(NC(=O)c2ccc(Br)o2)cc1. The molecular weight excluding hydrogens is 374 g/mol. The molecule has 24 heavy (non-hydrogen) atoms. The zero-order chi connectivity index (χ0) is 17.1. The number of rotatable bonds is 3. The summed E-state index contributed by atoms with van der Waals surface area (Å²) >= 11 is 3.16. The van der Waals surface area contributed by atoms with Crippen molar-refractivity contribution in [2.24, 2.45) is 0 Å². The molecular formula is C17H18BrN3O3. The number of carbonyl (C=O) groups excluding carboxylic acids is 2. The standard InChI is InChI=1S/C17H18BrN3O3/c1-11-10-19-8-9-21(11)17(23)12-2-4-13(5-3-12)20-16(22)14-6-7-15(18)24-14/h2-7,11,19H,8-10H2,1H3,(H,20,22)/t11-/m1/s1. The van der Waals surface area contributed by atoms with Gasteiger partial charge in [0, 0.05) is 36.9 Å². The maximum atomic E-state index is 12.6. The number of hydrogen-bond acceptors (Lipinski definition) is 4. The van der Waals surface area contributed by atoms with E-state index in [-0.39, 0.29) is 23.6 Å². The lowest BCUT2D eigenvalue weighted by Crippen LogP contribution is -2.52. The lowest BCUT2D eigenvalue weighted by Gasteiger charge is -2.34. The first-order valence-electron chi connectivity index (χ1n) is 7.73. The summed E-state index contributed by atoms with van der Waals surface area (Å²) in [6, 6.07) is 10.3. The Morgan fingerprint density at radius 1 is 1.25 bits per heavy atom. The van der Waals surface area contributed by atoms with Crippen molar-refractivity contribution < 1.29 is 14.0 Å². The van der Waals surface area contributed by atoms with Crippen molar-refractivity contribution >= 4 is 33.4 Å². The minimum Gasteiger partial charge on any atom is -0.444 e. The van der Waals surface area contributed by atoms with E-state index in [0.717, 1.165) is 13.1 Å². The first-order valence-corrected chi connectivity index (χ1v) is 8.52. The van der Waals surface area contributed by atoms with E-state index in [0.29, 0.717) is 22.5 Å². The third-order valence-corrected chi connectivity index (χ3v) is 4.38. The van der Waals surface area contributed by atoms with Crippen molar-refractivity contribution in [3.63, 3.8) is 0 Å². The van der Waals surface area contributed by atoms with E-state index in [1.54, 1.807) is 36.4 Å². The zero-order valence-electron chi connectivity index (χ0n) is 13.2. The molecule has 0 spiro atoms. The van der Waals surface area contributed by atoms with Gasteiger partial charge in [-0.2, -0.15) is 0 Å². The molecule has 1 atom stereocenters. The number of amides is 2.